The number of carbonyl (C=O) groups excluding carboxylic acids is 2. The van der Waals surface area contributed by atoms with Crippen LogP contribution in [-0.4, -0.2) is 118 Å². The summed E-state index contributed by atoms with van der Waals surface area (Å²) in [6, 6.07) is -0.421. The van der Waals surface area contributed by atoms with Gasteiger partial charge in [0.25, 0.3) is 0 Å². The molecule has 10 heteroatoms. The Hall–Kier alpha value is -1.23. The molecule has 0 saturated carbocycles. The number of nitrogens with one attached hydrogen (secondary N) is 1. The maximum atomic E-state index is 12.7. The van der Waals surface area contributed by atoms with Crippen molar-refractivity contribution in [3.8, 4) is 0 Å². The molecule has 0 bridgehead atoms. The van der Waals surface area contributed by atoms with Gasteiger partial charge in [-0.15, -0.1) is 0 Å². The highest BCUT2D eigenvalue weighted by molar-refractivity contribution is 7.91. The second kappa shape index (κ2) is 8.43. The van der Waals surface area contributed by atoms with Crippen molar-refractivity contribution in [3.05, 3.63) is 0 Å². The van der Waals surface area contributed by atoms with Crippen LogP contribution in [-0.2, 0) is 19.4 Å². The van der Waals surface area contributed by atoms with Crippen molar-refractivity contribution in [1.29, 1.82) is 0 Å². The number of rotatable bonds is 5. The summed E-state index contributed by atoms with van der Waals surface area (Å²) in [4.78, 5) is 30.5. The molecule has 0 aromatic heterocycles. The average molecular weight is 375 g/mol. The molecular formula is C15H29N5O4S. The van der Waals surface area contributed by atoms with E-state index >= 15 is 0 Å². The standard InChI is InChI=1S/C15H29N5O4S/c1-17(2)5-10-20(13-4-11-25(23,24)12-13)15(22)14(21)16-19-8-6-18(3)7-9-19/h13H,4-12H2,1-3H3,(H,16,21). The molecule has 2 fully saturated rings. The van der Waals surface area contributed by atoms with E-state index in [4.69, 9.17) is 0 Å². The van der Waals surface area contributed by atoms with Crippen LogP contribution < -0.4 is 5.43 Å². The number of likely N-dealkylation sites (N-methyl/N-ethyl adjacent to an activating group) is 2. The summed E-state index contributed by atoms with van der Waals surface area (Å²) in [5.74, 6) is -1.33. The van der Waals surface area contributed by atoms with Gasteiger partial charge >= 0.3 is 11.8 Å². The van der Waals surface area contributed by atoms with Crippen molar-refractivity contribution in [2.75, 3.05) is 71.9 Å². The van der Waals surface area contributed by atoms with E-state index in [9.17, 15) is 18.0 Å². The lowest BCUT2D eigenvalue weighted by Gasteiger charge is -2.33. The van der Waals surface area contributed by atoms with Gasteiger partial charge in [-0.3, -0.25) is 15.0 Å². The number of piperazine rings is 1. The van der Waals surface area contributed by atoms with Crippen LogP contribution in [0.15, 0.2) is 0 Å². The quantitative estimate of drug-likeness (QED) is 0.547. The number of hydrazine groups is 1. The van der Waals surface area contributed by atoms with E-state index < -0.39 is 27.7 Å². The third-order valence-corrected chi connectivity index (χ3v) is 6.41. The zero-order chi connectivity index (χ0) is 18.6. The average Bonchev–Trinajstić information content (AvgIpc) is 2.89. The fraction of sp³-hybridized carbons (Fsp3) is 0.867. The normalized spacial score (nSPS) is 24.4. The van der Waals surface area contributed by atoms with Crippen LogP contribution in [0.3, 0.4) is 0 Å². The molecule has 2 rings (SSSR count). The van der Waals surface area contributed by atoms with E-state index in [1.807, 2.05) is 26.0 Å². The summed E-state index contributed by atoms with van der Waals surface area (Å²) in [7, 11) is 2.63. The largest absolute Gasteiger partial charge is 0.329 e. The predicted octanol–water partition coefficient (Wildman–Crippen LogP) is -2.16. The van der Waals surface area contributed by atoms with Crippen LogP contribution in [0.5, 0.6) is 0 Å². The van der Waals surface area contributed by atoms with Gasteiger partial charge in [-0.1, -0.05) is 0 Å². The molecule has 1 N–H and O–H groups in total. The number of hydrogen-bond donors (Lipinski definition) is 1. The maximum absolute atomic E-state index is 12.7. The molecule has 0 aromatic rings. The minimum Gasteiger partial charge on any atom is -0.329 e. The number of sulfone groups is 1. The molecule has 1 atom stereocenters. The second-order valence-electron chi connectivity index (χ2n) is 7.09. The Balaban J connectivity index is 1.99. The van der Waals surface area contributed by atoms with Crippen molar-refractivity contribution >= 4 is 21.7 Å². The van der Waals surface area contributed by atoms with Crippen molar-refractivity contribution in [2.24, 2.45) is 0 Å². The van der Waals surface area contributed by atoms with Gasteiger partial charge in [0, 0.05) is 45.3 Å². The van der Waals surface area contributed by atoms with Crippen LogP contribution in [0, 0.1) is 0 Å². The molecule has 25 heavy (non-hydrogen) atoms. The molecule has 0 spiro atoms. The van der Waals surface area contributed by atoms with Gasteiger partial charge < -0.3 is 14.7 Å². The molecule has 2 saturated heterocycles. The van der Waals surface area contributed by atoms with Crippen LogP contribution in [0.1, 0.15) is 6.42 Å². The third kappa shape index (κ3) is 5.91. The van der Waals surface area contributed by atoms with E-state index in [0.29, 0.717) is 32.6 Å². The molecule has 2 amide bonds. The highest BCUT2D eigenvalue weighted by Gasteiger charge is 2.37. The van der Waals surface area contributed by atoms with Gasteiger partial charge in [-0.2, -0.15) is 0 Å². The van der Waals surface area contributed by atoms with Gasteiger partial charge in [0.15, 0.2) is 9.84 Å². The first-order valence-corrected chi connectivity index (χ1v) is 10.4. The summed E-state index contributed by atoms with van der Waals surface area (Å²) in [5, 5.41) is 1.75. The Morgan fingerprint density at radius 3 is 2.28 bits per heavy atom. The van der Waals surface area contributed by atoms with E-state index in [2.05, 4.69) is 10.3 Å². The zero-order valence-corrected chi connectivity index (χ0v) is 16.1. The third-order valence-electron chi connectivity index (χ3n) is 4.66. The topological polar surface area (TPSA) is 93.3 Å². The predicted molar refractivity (Wildman–Crippen MR) is 94.5 cm³/mol. The smallest absolute Gasteiger partial charge is 0.323 e. The monoisotopic (exact) mass is 375 g/mol. The van der Waals surface area contributed by atoms with E-state index in [0.717, 1.165) is 13.1 Å². The summed E-state index contributed by atoms with van der Waals surface area (Å²) in [6.45, 7) is 3.86. The molecule has 2 aliphatic heterocycles. The van der Waals surface area contributed by atoms with E-state index in [1.54, 1.807) is 5.01 Å². The maximum Gasteiger partial charge on any atom is 0.323 e. The Kier molecular flexibility index (Phi) is 6.78. The molecule has 9 nitrogen and oxygen atoms in total. The van der Waals surface area contributed by atoms with Crippen LogP contribution in [0.25, 0.3) is 0 Å². The summed E-state index contributed by atoms with van der Waals surface area (Å²) >= 11 is 0. The molecule has 0 radical (unpaired) electrons. The molecule has 0 aliphatic carbocycles. The first-order valence-electron chi connectivity index (χ1n) is 8.58. The van der Waals surface area contributed by atoms with E-state index in [-0.39, 0.29) is 11.5 Å². The highest BCUT2D eigenvalue weighted by Crippen LogP contribution is 2.18. The fourth-order valence-corrected chi connectivity index (χ4v) is 4.75. The molecule has 2 heterocycles. The molecule has 2 aliphatic rings. The number of hydrogen-bond acceptors (Lipinski definition) is 7. The Morgan fingerprint density at radius 2 is 1.76 bits per heavy atom. The first kappa shape index (κ1) is 20.1. The lowest BCUT2D eigenvalue weighted by Crippen LogP contribution is -2.57. The van der Waals surface area contributed by atoms with Crippen molar-refractivity contribution in [3.63, 3.8) is 0 Å². The molecule has 144 valence electrons. The Morgan fingerprint density at radius 1 is 1.12 bits per heavy atom. The van der Waals surface area contributed by atoms with Gasteiger partial charge in [-0.05, 0) is 27.6 Å². The number of carbonyl (C=O) groups is 2. The van der Waals surface area contributed by atoms with Crippen molar-refractivity contribution in [2.45, 2.75) is 12.5 Å². The van der Waals surface area contributed by atoms with Gasteiger partial charge in [0.05, 0.1) is 11.5 Å². The highest BCUT2D eigenvalue weighted by atomic mass is 32.2. The zero-order valence-electron chi connectivity index (χ0n) is 15.3. The van der Waals surface area contributed by atoms with Crippen LogP contribution >= 0.6 is 0 Å². The van der Waals surface area contributed by atoms with E-state index in [1.165, 1.54) is 4.90 Å². The minimum atomic E-state index is -3.13. The Labute approximate surface area is 149 Å². The molecule has 1 unspecified atom stereocenters. The summed E-state index contributed by atoms with van der Waals surface area (Å²) < 4.78 is 23.5. The number of amides is 2. The molecule has 0 aromatic carbocycles. The lowest BCUT2D eigenvalue weighted by molar-refractivity contribution is -0.150. The second-order valence-corrected chi connectivity index (χ2v) is 9.32. The minimum absolute atomic E-state index is 0.0616. The van der Waals surface area contributed by atoms with Crippen LogP contribution in [0.4, 0.5) is 0 Å². The van der Waals surface area contributed by atoms with Gasteiger partial charge in [-0.25, -0.2) is 13.4 Å². The molecular weight excluding hydrogens is 346 g/mol. The van der Waals surface area contributed by atoms with Gasteiger partial charge in [0.2, 0.25) is 0 Å². The summed E-state index contributed by atoms with van der Waals surface area (Å²) in [6.07, 6.45) is 0.392. The SMILES string of the molecule is CN(C)CCN(C(=O)C(=O)NN1CCN(C)CC1)C1CCS(=O)(=O)C1. The number of nitrogens with zero attached hydrogens (tertiary/aromatic N) is 4. The van der Waals surface area contributed by atoms with Crippen molar-refractivity contribution in [1.82, 2.24) is 25.1 Å². The van der Waals surface area contributed by atoms with Gasteiger partial charge in [0.1, 0.15) is 0 Å². The van der Waals surface area contributed by atoms with Crippen molar-refractivity contribution < 1.29 is 18.0 Å². The first-order chi connectivity index (χ1) is 11.7. The summed E-state index contributed by atoms with van der Waals surface area (Å²) in [5.41, 5.74) is 2.66. The lowest BCUT2D eigenvalue weighted by atomic mass is 10.2. The van der Waals surface area contributed by atoms with Crippen LogP contribution in [0.2, 0.25) is 0 Å². The fourth-order valence-electron chi connectivity index (χ4n) is 3.02. The Bertz CT molecular complexity index is 587.